The number of anilines is 2. The van der Waals surface area contributed by atoms with E-state index in [0.717, 1.165) is 11.6 Å². The number of hydrogen-bond donors (Lipinski definition) is 3. The fourth-order valence-electron chi connectivity index (χ4n) is 3.47. The number of nitrogens with two attached hydrogens (primary N) is 1. The molecule has 4 rings (SSSR count). The third-order valence-electron chi connectivity index (χ3n) is 4.96. The maximum Gasteiger partial charge on any atom is 0.416 e. The Morgan fingerprint density at radius 3 is 2.71 bits per heavy atom. The first kappa shape index (κ1) is 20.5. The van der Waals surface area contributed by atoms with Crippen molar-refractivity contribution >= 4 is 17.4 Å². The number of fused-ring (bicyclic) bond motifs is 1. The first-order valence-electron chi connectivity index (χ1n) is 9.23. The topological polar surface area (TPSA) is 115 Å². The molecule has 1 aliphatic heterocycles. The first-order chi connectivity index (χ1) is 14.8. The number of aromatic nitrogens is 3. The minimum absolute atomic E-state index is 0.0155. The smallest absolute Gasteiger partial charge is 0.416 e. The lowest BCUT2D eigenvalue weighted by Crippen LogP contribution is -2.23. The van der Waals surface area contributed by atoms with Crippen molar-refractivity contribution in [3.8, 4) is 11.5 Å². The third kappa shape index (κ3) is 4.11. The van der Waals surface area contributed by atoms with Crippen LogP contribution >= 0.6 is 0 Å². The van der Waals surface area contributed by atoms with E-state index in [4.69, 9.17) is 15.2 Å². The predicted molar refractivity (Wildman–Crippen MR) is 105 cm³/mol. The molecule has 2 aromatic carbocycles. The number of carbonyl (C=O) groups is 1. The van der Waals surface area contributed by atoms with Gasteiger partial charge in [0.1, 0.15) is 12.3 Å². The quantitative estimate of drug-likeness (QED) is 0.531. The molecule has 11 heteroatoms. The number of H-pyrrole nitrogens is 1. The minimum Gasteiger partial charge on any atom is -0.493 e. The van der Waals surface area contributed by atoms with Crippen molar-refractivity contribution in [3.05, 3.63) is 58.8 Å². The Balaban J connectivity index is 1.59. The molecule has 1 amide bonds. The van der Waals surface area contributed by atoms with Gasteiger partial charge in [-0.3, -0.25) is 4.79 Å². The van der Waals surface area contributed by atoms with Crippen LogP contribution in [0.15, 0.2) is 36.4 Å². The van der Waals surface area contributed by atoms with Crippen molar-refractivity contribution in [2.45, 2.75) is 25.1 Å². The highest BCUT2D eigenvalue weighted by Crippen LogP contribution is 2.39. The number of nitrogen functional groups attached to an aromatic ring is 1. The first-order valence-corrected chi connectivity index (χ1v) is 9.23. The fraction of sp³-hybridized carbons (Fsp3) is 0.250. The summed E-state index contributed by atoms with van der Waals surface area (Å²) in [7, 11) is 1.42. The molecule has 0 saturated heterocycles. The SMILES string of the molecule is COc1cc(C2CC(=O)Nc3n[nH]nc32)ccc1OCc1ccc(N)cc1C(F)(F)F. The molecule has 162 valence electrons. The third-order valence-corrected chi connectivity index (χ3v) is 4.96. The number of ether oxygens (including phenoxy) is 2. The van der Waals surface area contributed by atoms with E-state index in [0.29, 0.717) is 17.3 Å². The largest absolute Gasteiger partial charge is 0.493 e. The van der Waals surface area contributed by atoms with E-state index < -0.39 is 11.7 Å². The molecular formula is C20H18F3N5O3. The van der Waals surface area contributed by atoms with Gasteiger partial charge < -0.3 is 20.5 Å². The lowest BCUT2D eigenvalue weighted by molar-refractivity contribution is -0.138. The van der Waals surface area contributed by atoms with Gasteiger partial charge in [-0.15, -0.1) is 5.10 Å². The molecule has 1 unspecified atom stereocenters. The van der Waals surface area contributed by atoms with Gasteiger partial charge in [0.25, 0.3) is 0 Å². The molecule has 31 heavy (non-hydrogen) atoms. The summed E-state index contributed by atoms with van der Waals surface area (Å²) in [5, 5.41) is 13.1. The monoisotopic (exact) mass is 433 g/mol. The van der Waals surface area contributed by atoms with Gasteiger partial charge in [0.05, 0.1) is 12.7 Å². The number of hydrogen-bond acceptors (Lipinski definition) is 6. The molecule has 4 N–H and O–H groups in total. The van der Waals surface area contributed by atoms with Gasteiger partial charge in [-0.1, -0.05) is 12.1 Å². The molecule has 1 atom stereocenters. The zero-order valence-corrected chi connectivity index (χ0v) is 16.3. The van der Waals surface area contributed by atoms with Crippen LogP contribution in [-0.4, -0.2) is 28.4 Å². The van der Waals surface area contributed by atoms with Gasteiger partial charge in [0.2, 0.25) is 5.91 Å². The molecule has 0 radical (unpaired) electrons. The van der Waals surface area contributed by atoms with Crippen LogP contribution in [0.2, 0.25) is 0 Å². The van der Waals surface area contributed by atoms with E-state index in [9.17, 15) is 18.0 Å². The second-order valence-electron chi connectivity index (χ2n) is 6.98. The summed E-state index contributed by atoms with van der Waals surface area (Å²) in [5.74, 6) is 0.394. The van der Waals surface area contributed by atoms with Gasteiger partial charge in [-0.2, -0.15) is 23.5 Å². The molecule has 3 aromatic rings. The number of nitrogens with zero attached hydrogens (tertiary/aromatic N) is 2. The molecule has 1 aromatic heterocycles. The molecule has 2 heterocycles. The number of amides is 1. The Bertz CT molecular complexity index is 1130. The van der Waals surface area contributed by atoms with Gasteiger partial charge in [-0.25, -0.2) is 0 Å². The van der Waals surface area contributed by atoms with Gasteiger partial charge in [0.15, 0.2) is 17.3 Å². The molecule has 0 saturated carbocycles. The molecule has 0 aliphatic carbocycles. The molecule has 0 bridgehead atoms. The number of methoxy groups -OCH3 is 1. The maximum atomic E-state index is 13.3. The zero-order chi connectivity index (χ0) is 22.2. The van der Waals surface area contributed by atoms with Crippen molar-refractivity contribution in [2.75, 3.05) is 18.2 Å². The molecule has 0 spiro atoms. The van der Waals surface area contributed by atoms with Crippen LogP contribution in [0.4, 0.5) is 24.7 Å². The lowest BCUT2D eigenvalue weighted by Gasteiger charge is -2.22. The van der Waals surface area contributed by atoms with Gasteiger partial charge in [-0.05, 0) is 29.8 Å². The van der Waals surface area contributed by atoms with Crippen LogP contribution in [0.1, 0.15) is 34.7 Å². The summed E-state index contributed by atoms with van der Waals surface area (Å²) in [6, 6.07) is 8.52. The van der Waals surface area contributed by atoms with E-state index in [-0.39, 0.29) is 41.9 Å². The zero-order valence-electron chi connectivity index (χ0n) is 16.3. The van der Waals surface area contributed by atoms with Crippen LogP contribution in [-0.2, 0) is 17.6 Å². The Morgan fingerprint density at radius 1 is 1.16 bits per heavy atom. The Morgan fingerprint density at radius 2 is 1.97 bits per heavy atom. The number of carbonyl (C=O) groups excluding carboxylic acids is 1. The Labute approximate surface area is 174 Å². The van der Waals surface area contributed by atoms with E-state index in [1.54, 1.807) is 18.2 Å². The average molecular weight is 433 g/mol. The van der Waals surface area contributed by atoms with Crippen LogP contribution in [0, 0.1) is 0 Å². The summed E-state index contributed by atoms with van der Waals surface area (Å²) in [6.07, 6.45) is -4.39. The van der Waals surface area contributed by atoms with E-state index in [2.05, 4.69) is 20.7 Å². The van der Waals surface area contributed by atoms with E-state index in [1.165, 1.54) is 19.2 Å². The number of nitrogens with one attached hydrogen (secondary N) is 2. The number of alkyl halides is 3. The summed E-state index contributed by atoms with van der Waals surface area (Å²) in [6.45, 7) is -0.329. The number of aromatic amines is 1. The second-order valence-corrected chi connectivity index (χ2v) is 6.98. The van der Waals surface area contributed by atoms with Crippen molar-refractivity contribution in [1.82, 2.24) is 15.4 Å². The summed E-state index contributed by atoms with van der Waals surface area (Å²) in [4.78, 5) is 12.0. The van der Waals surface area contributed by atoms with E-state index in [1.807, 2.05) is 0 Å². The summed E-state index contributed by atoms with van der Waals surface area (Å²) < 4.78 is 50.9. The number of benzene rings is 2. The van der Waals surface area contributed by atoms with Gasteiger partial charge in [0, 0.05) is 23.6 Å². The Hall–Kier alpha value is -3.76. The fourth-order valence-corrected chi connectivity index (χ4v) is 3.47. The van der Waals surface area contributed by atoms with Crippen molar-refractivity contribution in [2.24, 2.45) is 0 Å². The highest BCUT2D eigenvalue weighted by molar-refractivity contribution is 5.93. The van der Waals surface area contributed by atoms with Crippen LogP contribution in [0.5, 0.6) is 11.5 Å². The van der Waals surface area contributed by atoms with Crippen molar-refractivity contribution in [3.63, 3.8) is 0 Å². The number of rotatable bonds is 5. The molecule has 8 nitrogen and oxygen atoms in total. The van der Waals surface area contributed by atoms with Crippen LogP contribution in [0.25, 0.3) is 0 Å². The maximum absolute atomic E-state index is 13.3. The second kappa shape index (κ2) is 7.82. The summed E-state index contributed by atoms with van der Waals surface area (Å²) >= 11 is 0. The summed E-state index contributed by atoms with van der Waals surface area (Å²) in [5.41, 5.74) is 5.93. The normalized spacial score (nSPS) is 15.9. The standard InChI is InChI=1S/C20H18F3N5O3/c1-30-16-6-10(13-8-17(29)25-19-18(13)26-28-27-19)3-5-15(16)31-9-11-2-4-12(24)7-14(11)20(21,22)23/h2-7,13H,8-9,24H2,1H3,(H2,25,26,27,28,29). The van der Waals surface area contributed by atoms with Crippen molar-refractivity contribution < 1.29 is 27.4 Å². The van der Waals surface area contributed by atoms with Gasteiger partial charge >= 0.3 is 6.18 Å². The lowest BCUT2D eigenvalue weighted by atomic mass is 9.89. The minimum atomic E-state index is -4.56. The van der Waals surface area contributed by atoms with E-state index >= 15 is 0 Å². The molecular weight excluding hydrogens is 415 g/mol. The predicted octanol–water partition coefficient (Wildman–Crippen LogP) is 3.47. The highest BCUT2D eigenvalue weighted by atomic mass is 19.4. The molecule has 1 aliphatic rings. The number of halogens is 3. The highest BCUT2D eigenvalue weighted by Gasteiger charge is 2.34. The van der Waals surface area contributed by atoms with Crippen LogP contribution in [0.3, 0.4) is 0 Å². The average Bonchev–Trinajstić information content (AvgIpc) is 3.19. The Kier molecular flexibility index (Phi) is 5.17. The molecule has 0 fully saturated rings. The van der Waals surface area contributed by atoms with Crippen molar-refractivity contribution in [1.29, 1.82) is 0 Å². The van der Waals surface area contributed by atoms with Crippen LogP contribution < -0.4 is 20.5 Å².